The average molecular weight is 1990 g/mol. The molecule has 21 amide bonds. The molecule has 0 aliphatic carbocycles. The minimum absolute atomic E-state index is 0.00482. The van der Waals surface area contributed by atoms with Crippen LogP contribution in [-0.4, -0.2) is 356 Å². The summed E-state index contributed by atoms with van der Waals surface area (Å²) < 4.78 is 0. The predicted molar refractivity (Wildman–Crippen MR) is 490 cm³/mol. The summed E-state index contributed by atoms with van der Waals surface area (Å²) in [5.41, 5.74) is 27.9. The van der Waals surface area contributed by atoms with Crippen molar-refractivity contribution in [3.63, 3.8) is 0 Å². The van der Waals surface area contributed by atoms with Crippen LogP contribution in [0.25, 0.3) is 0 Å². The van der Waals surface area contributed by atoms with E-state index in [9.17, 15) is 146 Å². The van der Waals surface area contributed by atoms with Crippen molar-refractivity contribution >= 4 is 142 Å². The molecule has 2 rings (SSSR count). The van der Waals surface area contributed by atoms with Crippen molar-refractivity contribution in [1.29, 1.82) is 5.41 Å². The molecule has 1 aliphatic heterocycles. The van der Waals surface area contributed by atoms with Gasteiger partial charge >= 0.3 is 11.9 Å². The van der Waals surface area contributed by atoms with Crippen LogP contribution < -0.4 is 130 Å². The number of nitrogens with zero attached hydrogens (tertiary/aromatic N) is 1. The molecule has 1 saturated heterocycles. The van der Waals surface area contributed by atoms with Gasteiger partial charge in [-0.3, -0.25) is 116 Å². The van der Waals surface area contributed by atoms with Gasteiger partial charge in [-0.15, -0.1) is 0 Å². The Kier molecular flexibility index (Phi) is 54.1. The molecule has 56 nitrogen and oxygen atoms in total. The van der Waals surface area contributed by atoms with E-state index in [4.69, 9.17) is 34.1 Å². The Hall–Kier alpha value is -14.0. The fraction of sp³-hybridized carbons (Fsp3) is 0.643. The Labute approximate surface area is 805 Å². The van der Waals surface area contributed by atoms with E-state index in [1.807, 2.05) is 0 Å². The number of guanidine groups is 1. The van der Waals surface area contributed by atoms with Crippen LogP contribution in [0.2, 0.25) is 0 Å². The minimum atomic E-state index is -2.00. The molecule has 0 radical (unpaired) electrons. The monoisotopic (exact) mass is 1990 g/mol. The number of aliphatic hydroxyl groups is 5. The number of nitrogens with one attached hydrogen (secondary N) is 20. The van der Waals surface area contributed by atoms with E-state index in [1.165, 1.54) is 0 Å². The molecule has 0 spiro atoms. The Bertz CT molecular complexity index is 4470. The number of nitrogens with two attached hydrogens (primary N) is 5. The fourth-order valence-corrected chi connectivity index (χ4v) is 13.6. The summed E-state index contributed by atoms with van der Waals surface area (Å²) in [5, 5.41) is 123. The van der Waals surface area contributed by atoms with Crippen LogP contribution in [0.1, 0.15) is 158 Å². The summed E-state index contributed by atoms with van der Waals surface area (Å²) in [4.78, 5) is 309. The van der Waals surface area contributed by atoms with Gasteiger partial charge in [0.25, 0.3) is 0 Å². The molecule has 1 fully saturated rings. The third kappa shape index (κ3) is 44.7. The molecule has 784 valence electrons. The maximum absolute atomic E-state index is 14.2. The highest BCUT2D eigenvalue weighted by molar-refractivity contribution is 6.03. The first-order valence-electron chi connectivity index (χ1n) is 45.1. The standard InChI is InChI=1S/C84H138N26O30/c1-38(2)28-50(97-60(118)33-86)74(130)102-52(30-46-18-12-11-13-19-46)69(125)92-34-61(119)107-64(43(8)113)81(137)99-47(20-14-15-25-85)73(129)108-66(45(10)115)82(138)100-49(23-24-58(87)116)72(128)94-40(5)68(124)105-56(37-112)78(134)106-55(36-111)70(126)93-35-62(120)110-27-17-22-57(110)79(135)104-53(31-59(88)117)77(133)109-65(44(9)114)80(136)95-41(6)67(123)101-51(29-39(3)4)75(131)103-54(32-63(121)122)76(132)98-48(21-16-26-91-84(89)90)71(127)96-42(7)83(139)140/h11-13,18-19,38-45,47-57,64-66,111-115H,14-17,20-37,85-86H2,1-10H3,(H2,87,116)(H2,88,117)(H,92,125)(H,93,126)(H,94,128)(H,95,136)(H,96,127)(H,97,118)(H,98,132)(H,99,137)(H,100,138)(H,101,123)(H,102,130)(H,103,131)(H,104,135)(H,105,124)(H,106,134)(H,107,119)(H,108,129)(H,109,133)(H,121,122)(H,139,140)(H4,89,90,91)/t40-,41-,42-,43+,44+,45+,47-,48-,49-,50-,51-,52-,53-,54-,55-,56-,57-,64-,65-,66-/m0/s1. The van der Waals surface area contributed by atoms with Gasteiger partial charge in [-0.25, -0.2) is 0 Å². The Morgan fingerprint density at radius 1 is 0.400 bits per heavy atom. The summed E-state index contributed by atoms with van der Waals surface area (Å²) in [6.07, 6.45) is -8.72. The molecule has 1 heterocycles. The first-order chi connectivity index (χ1) is 65.6. The maximum Gasteiger partial charge on any atom is 0.325 e. The SMILES string of the molecule is CC(C)C[C@H](NC(=O)CN)C(=O)N[C@@H](Cc1ccccc1)C(=O)NCC(=O)N[C@H](C(=O)N[C@@H](CCCCN)C(=O)N[C@H](C(=O)N[C@@H](CCC(N)=O)C(=O)N[C@@H](C)C(=O)N[C@@H](CO)C(=O)N[C@@H](CO)C(=O)NCC(=O)N1CCC[C@H]1C(=O)N[C@@H](CC(N)=O)C(=O)N[C@H](C(=O)N[C@@H](C)C(=O)N[C@@H](CC(C)C)C(=O)N[C@@H](CC(=O)O)C(=O)N[C@@H](CCCNC(=N)N)C(=O)N[C@@H](C)C(=O)O)[C@@H](C)O)[C@@H](C)O)[C@@H](C)O. The molecule has 20 atom stereocenters. The normalized spacial score (nSPS) is 16.2. The van der Waals surface area contributed by atoms with Gasteiger partial charge in [0, 0.05) is 25.9 Å². The summed E-state index contributed by atoms with van der Waals surface area (Å²) >= 11 is 0. The number of hydrogen-bond acceptors (Lipinski definition) is 31. The molecule has 1 aromatic rings. The number of carbonyl (C=O) groups is 23. The Morgan fingerprint density at radius 2 is 0.800 bits per heavy atom. The predicted octanol–water partition coefficient (Wildman–Crippen LogP) is -14.5. The second kappa shape index (κ2) is 62.1. The zero-order valence-corrected chi connectivity index (χ0v) is 79.5. The van der Waals surface area contributed by atoms with Crippen LogP contribution in [0.3, 0.4) is 0 Å². The highest BCUT2D eigenvalue weighted by atomic mass is 16.4. The summed E-state index contributed by atoms with van der Waals surface area (Å²) in [7, 11) is 0. The van der Waals surface area contributed by atoms with Crippen molar-refractivity contribution in [2.75, 3.05) is 52.5 Å². The highest BCUT2D eigenvalue weighted by Gasteiger charge is 2.42. The van der Waals surface area contributed by atoms with E-state index in [1.54, 1.807) is 58.0 Å². The van der Waals surface area contributed by atoms with Crippen LogP contribution in [-0.2, 0) is 117 Å². The lowest BCUT2D eigenvalue weighted by atomic mass is 10.0. The molecule has 0 bridgehead atoms. The van der Waals surface area contributed by atoms with E-state index in [2.05, 4.69) is 101 Å². The number of carbonyl (C=O) groups excluding carboxylic acids is 21. The van der Waals surface area contributed by atoms with Crippen LogP contribution in [0.15, 0.2) is 30.3 Å². The zero-order chi connectivity index (χ0) is 106. The van der Waals surface area contributed by atoms with E-state index in [0.29, 0.717) is 5.56 Å². The molecule has 1 aromatic carbocycles. The first kappa shape index (κ1) is 122. The van der Waals surface area contributed by atoms with E-state index < -0.39 is 327 Å². The summed E-state index contributed by atoms with van der Waals surface area (Å²) in [6, 6.07) is -20.5. The van der Waals surface area contributed by atoms with Gasteiger partial charge in [0.2, 0.25) is 124 Å². The van der Waals surface area contributed by atoms with Crippen molar-refractivity contribution in [2.45, 2.75) is 280 Å². The van der Waals surface area contributed by atoms with Crippen LogP contribution in [0.4, 0.5) is 0 Å². The number of benzene rings is 1. The molecule has 0 unspecified atom stereocenters. The van der Waals surface area contributed by atoms with Gasteiger partial charge in [-0.05, 0) is 130 Å². The van der Waals surface area contributed by atoms with E-state index in [-0.39, 0.29) is 89.8 Å². The van der Waals surface area contributed by atoms with Crippen molar-refractivity contribution in [3.05, 3.63) is 35.9 Å². The second-order valence-electron chi connectivity index (χ2n) is 34.2. The van der Waals surface area contributed by atoms with Crippen molar-refractivity contribution in [1.82, 2.24) is 106 Å². The molecule has 0 saturated carbocycles. The lowest BCUT2D eigenvalue weighted by Crippen LogP contribution is -2.62. The van der Waals surface area contributed by atoms with Crippen molar-refractivity contribution in [3.8, 4) is 0 Å². The number of primary amides is 2. The van der Waals surface area contributed by atoms with Crippen LogP contribution in [0, 0.1) is 17.2 Å². The fourth-order valence-electron chi connectivity index (χ4n) is 13.6. The largest absolute Gasteiger partial charge is 0.481 e. The first-order valence-corrected chi connectivity index (χ1v) is 45.1. The van der Waals surface area contributed by atoms with Gasteiger partial charge in [-0.2, -0.15) is 0 Å². The minimum Gasteiger partial charge on any atom is -0.481 e. The smallest absolute Gasteiger partial charge is 0.325 e. The Morgan fingerprint density at radius 3 is 1.29 bits per heavy atom. The van der Waals surface area contributed by atoms with Crippen molar-refractivity contribution < 1.29 is 146 Å². The zero-order valence-electron chi connectivity index (χ0n) is 79.5. The topological polar surface area (TPSA) is 920 Å². The molecular weight excluding hydrogens is 1850 g/mol. The molecule has 140 heavy (non-hydrogen) atoms. The van der Waals surface area contributed by atoms with Crippen molar-refractivity contribution in [2.24, 2.45) is 40.5 Å². The molecule has 56 heteroatoms. The van der Waals surface area contributed by atoms with E-state index >= 15 is 0 Å². The van der Waals surface area contributed by atoms with Gasteiger partial charge in [0.15, 0.2) is 5.96 Å². The number of aliphatic carboxylic acids is 2. The maximum atomic E-state index is 14.2. The quantitative estimate of drug-likeness (QED) is 0.0164. The summed E-state index contributed by atoms with van der Waals surface area (Å²) in [5.74, 6) is -27.4. The number of carboxylic acid groups (broad SMARTS) is 2. The summed E-state index contributed by atoms with van der Waals surface area (Å²) in [6.45, 7) is 8.53. The molecule has 0 aromatic heterocycles. The number of carboxylic acids is 2. The lowest BCUT2D eigenvalue weighted by Gasteiger charge is -2.28. The van der Waals surface area contributed by atoms with Crippen LogP contribution >= 0.6 is 0 Å². The van der Waals surface area contributed by atoms with E-state index in [0.717, 1.165) is 46.4 Å². The number of likely N-dealkylation sites (tertiary alicyclic amines) is 1. The molecule has 1 aliphatic rings. The number of rotatable bonds is 64. The van der Waals surface area contributed by atoms with Crippen LogP contribution in [0.5, 0.6) is 0 Å². The van der Waals surface area contributed by atoms with Gasteiger partial charge in [-0.1, -0.05) is 58.0 Å². The third-order valence-corrected chi connectivity index (χ3v) is 21.1. The van der Waals surface area contributed by atoms with Gasteiger partial charge in [0.05, 0.1) is 64.0 Å². The number of hydrogen-bond donors (Lipinski definition) is 32. The molecular formula is C84H138N26O30. The lowest BCUT2D eigenvalue weighted by molar-refractivity contribution is -0.143. The number of amides is 21. The van der Waals surface area contributed by atoms with Gasteiger partial charge < -0.3 is 170 Å². The highest BCUT2D eigenvalue weighted by Crippen LogP contribution is 2.20. The average Bonchev–Trinajstić information content (AvgIpc) is 1.71. The third-order valence-electron chi connectivity index (χ3n) is 21.1. The molecule has 37 N–H and O–H groups in total. The van der Waals surface area contributed by atoms with Gasteiger partial charge in [0.1, 0.15) is 103 Å². The second-order valence-corrected chi connectivity index (χ2v) is 34.2. The number of aliphatic hydroxyl groups excluding tert-OH is 5. The number of unbranched alkanes of at least 4 members (excludes halogenated alkanes) is 1. The Balaban J connectivity index is 2.22.